The third-order valence-corrected chi connectivity index (χ3v) is 3.05. The third kappa shape index (κ3) is 2.37. The Morgan fingerprint density at radius 3 is 3.00 bits per heavy atom. The topological polar surface area (TPSA) is 138 Å². The molecule has 90 valence electrons. The van der Waals surface area contributed by atoms with Crippen molar-refractivity contribution >= 4 is 38.4 Å². The standard InChI is InChI=1S/C5H5BrN8O2S/c6-4-8-5(14(15)16)11-13(4)1-2-3(9-7)17-12-10-2/h9H,1,7H2. The average molecular weight is 321 g/mol. The van der Waals surface area contributed by atoms with E-state index in [1.54, 1.807) is 0 Å². The molecular formula is C5H5BrN8O2S. The lowest BCUT2D eigenvalue weighted by atomic mass is 10.4. The highest BCUT2D eigenvalue weighted by Crippen LogP contribution is 2.19. The molecule has 0 radical (unpaired) electrons. The van der Waals surface area contributed by atoms with Gasteiger partial charge in [0.15, 0.2) is 0 Å². The first-order valence-electron chi connectivity index (χ1n) is 4.14. The average Bonchev–Trinajstić information content (AvgIpc) is 2.87. The van der Waals surface area contributed by atoms with E-state index < -0.39 is 10.9 Å². The Morgan fingerprint density at radius 1 is 1.65 bits per heavy atom. The molecule has 0 bridgehead atoms. The summed E-state index contributed by atoms with van der Waals surface area (Å²) < 4.78 is 5.22. The predicted molar refractivity (Wildman–Crippen MR) is 61.2 cm³/mol. The minimum atomic E-state index is -0.678. The number of halogens is 1. The number of hydrogen-bond donors (Lipinski definition) is 2. The maximum atomic E-state index is 10.5. The molecule has 2 aromatic rings. The van der Waals surface area contributed by atoms with Gasteiger partial charge in [-0.15, -0.1) is 5.10 Å². The van der Waals surface area contributed by atoms with Crippen LogP contribution in [0.3, 0.4) is 0 Å². The van der Waals surface area contributed by atoms with Crippen LogP contribution in [0.15, 0.2) is 4.73 Å². The van der Waals surface area contributed by atoms with E-state index >= 15 is 0 Å². The van der Waals surface area contributed by atoms with Crippen LogP contribution in [0.4, 0.5) is 10.9 Å². The molecule has 0 aliphatic rings. The zero-order valence-electron chi connectivity index (χ0n) is 8.07. The summed E-state index contributed by atoms with van der Waals surface area (Å²) in [5, 5.41) is 18.6. The maximum absolute atomic E-state index is 10.5. The van der Waals surface area contributed by atoms with E-state index in [9.17, 15) is 10.1 Å². The number of hydrogen-bond acceptors (Lipinski definition) is 9. The number of hydrazine groups is 1. The van der Waals surface area contributed by atoms with Crippen molar-refractivity contribution in [1.29, 1.82) is 0 Å². The number of nitrogens with one attached hydrogen (secondary N) is 1. The van der Waals surface area contributed by atoms with Crippen LogP contribution in [0.25, 0.3) is 0 Å². The van der Waals surface area contributed by atoms with Crippen molar-refractivity contribution < 1.29 is 4.92 Å². The van der Waals surface area contributed by atoms with Crippen LogP contribution >= 0.6 is 27.5 Å². The highest BCUT2D eigenvalue weighted by molar-refractivity contribution is 9.10. The van der Waals surface area contributed by atoms with E-state index in [1.807, 2.05) is 0 Å². The van der Waals surface area contributed by atoms with Gasteiger partial charge in [-0.3, -0.25) is 0 Å². The van der Waals surface area contributed by atoms with Crippen molar-refractivity contribution in [2.24, 2.45) is 5.84 Å². The fourth-order valence-corrected chi connectivity index (χ4v) is 1.90. The van der Waals surface area contributed by atoms with Crippen molar-refractivity contribution in [3.63, 3.8) is 0 Å². The molecule has 3 N–H and O–H groups in total. The molecule has 0 amide bonds. The first-order valence-corrected chi connectivity index (χ1v) is 5.71. The van der Waals surface area contributed by atoms with E-state index in [1.165, 1.54) is 4.68 Å². The zero-order valence-corrected chi connectivity index (χ0v) is 10.5. The Hall–Kier alpha value is -1.66. The molecule has 0 unspecified atom stereocenters. The Labute approximate surface area is 106 Å². The van der Waals surface area contributed by atoms with Gasteiger partial charge in [0.25, 0.3) is 4.73 Å². The summed E-state index contributed by atoms with van der Waals surface area (Å²) >= 11 is 4.15. The van der Waals surface area contributed by atoms with Crippen LogP contribution in [-0.2, 0) is 6.54 Å². The number of nitrogen functional groups attached to an aromatic ring is 1. The third-order valence-electron chi connectivity index (χ3n) is 1.77. The number of nitrogens with two attached hydrogens (primary N) is 1. The van der Waals surface area contributed by atoms with Gasteiger partial charge in [-0.2, -0.15) is 4.68 Å². The maximum Gasteiger partial charge on any atom is 0.492 e. The molecule has 2 rings (SSSR count). The lowest BCUT2D eigenvalue weighted by Crippen LogP contribution is -2.10. The smallest absolute Gasteiger partial charge is 0.390 e. The molecule has 10 nitrogen and oxygen atoms in total. The number of nitrogens with zero attached hydrogens (tertiary/aromatic N) is 6. The number of aromatic nitrogens is 5. The molecule has 2 aromatic heterocycles. The minimum Gasteiger partial charge on any atom is -0.390 e. The van der Waals surface area contributed by atoms with Gasteiger partial charge in [0.05, 0.1) is 0 Å². The van der Waals surface area contributed by atoms with Crippen LogP contribution in [0.2, 0.25) is 0 Å². The van der Waals surface area contributed by atoms with E-state index in [4.69, 9.17) is 5.84 Å². The summed E-state index contributed by atoms with van der Waals surface area (Å²) in [5.74, 6) is 4.77. The first-order chi connectivity index (χ1) is 8.11. The molecule has 0 aliphatic heterocycles. The second-order valence-corrected chi connectivity index (χ2v) is 4.25. The van der Waals surface area contributed by atoms with E-state index in [2.05, 4.69) is 41.0 Å². The highest BCUT2D eigenvalue weighted by Gasteiger charge is 2.21. The molecule has 0 aliphatic carbocycles. The van der Waals surface area contributed by atoms with E-state index in [-0.39, 0.29) is 11.3 Å². The monoisotopic (exact) mass is 320 g/mol. The van der Waals surface area contributed by atoms with Crippen molar-refractivity contribution in [3.8, 4) is 0 Å². The first kappa shape index (κ1) is 11.8. The van der Waals surface area contributed by atoms with Gasteiger partial charge >= 0.3 is 5.95 Å². The summed E-state index contributed by atoms with van der Waals surface area (Å²) in [6, 6.07) is 0. The Kier molecular flexibility index (Phi) is 3.26. The van der Waals surface area contributed by atoms with Gasteiger partial charge in [-0.1, -0.05) is 4.49 Å². The fraction of sp³-hybridized carbons (Fsp3) is 0.200. The van der Waals surface area contributed by atoms with E-state index in [0.29, 0.717) is 10.7 Å². The van der Waals surface area contributed by atoms with Crippen LogP contribution in [0.5, 0.6) is 0 Å². The summed E-state index contributed by atoms with van der Waals surface area (Å²) in [6.07, 6.45) is 0. The van der Waals surface area contributed by atoms with Gasteiger partial charge in [-0.05, 0) is 9.91 Å². The lowest BCUT2D eigenvalue weighted by molar-refractivity contribution is -0.394. The predicted octanol–water partition coefficient (Wildman–Crippen LogP) is 0.134. The molecule has 0 spiro atoms. The molecule has 17 heavy (non-hydrogen) atoms. The van der Waals surface area contributed by atoms with Crippen molar-refractivity contribution in [2.75, 3.05) is 5.43 Å². The van der Waals surface area contributed by atoms with Gasteiger partial charge in [0, 0.05) is 32.6 Å². The second-order valence-electron chi connectivity index (χ2n) is 2.79. The van der Waals surface area contributed by atoms with Crippen LogP contribution in [-0.4, -0.2) is 29.3 Å². The Bertz CT molecular complexity index is 552. The van der Waals surface area contributed by atoms with Gasteiger partial charge < -0.3 is 15.5 Å². The molecule has 0 saturated heterocycles. The molecule has 0 atom stereocenters. The second kappa shape index (κ2) is 4.68. The summed E-state index contributed by atoms with van der Waals surface area (Å²) in [4.78, 5) is 13.4. The summed E-state index contributed by atoms with van der Waals surface area (Å²) in [5.41, 5.74) is 2.95. The van der Waals surface area contributed by atoms with Crippen LogP contribution in [0, 0.1) is 10.1 Å². The molecule has 2 heterocycles. The SMILES string of the molecule is NNc1snnc1Cn1nc([N+](=O)[O-])nc1Br. The molecule has 0 saturated carbocycles. The van der Waals surface area contributed by atoms with Crippen LogP contribution in [0.1, 0.15) is 5.69 Å². The number of nitro groups is 1. The zero-order chi connectivity index (χ0) is 12.4. The summed E-state index contributed by atoms with van der Waals surface area (Å²) in [6.45, 7) is 0.178. The van der Waals surface area contributed by atoms with Crippen LogP contribution < -0.4 is 11.3 Å². The number of rotatable bonds is 4. The minimum absolute atomic E-state index is 0.178. The van der Waals surface area contributed by atoms with Crippen molar-refractivity contribution in [3.05, 3.63) is 20.5 Å². The fourth-order valence-electron chi connectivity index (χ4n) is 1.05. The largest absolute Gasteiger partial charge is 0.492 e. The van der Waals surface area contributed by atoms with E-state index in [0.717, 1.165) is 11.5 Å². The Morgan fingerprint density at radius 2 is 2.41 bits per heavy atom. The van der Waals surface area contributed by atoms with Crippen molar-refractivity contribution in [2.45, 2.75) is 6.54 Å². The van der Waals surface area contributed by atoms with Crippen molar-refractivity contribution in [1.82, 2.24) is 24.4 Å². The summed E-state index contributed by atoms with van der Waals surface area (Å²) in [7, 11) is 0. The van der Waals surface area contributed by atoms with Gasteiger partial charge in [-0.25, -0.2) is 5.84 Å². The van der Waals surface area contributed by atoms with Gasteiger partial charge in [0.1, 0.15) is 17.2 Å². The normalized spacial score (nSPS) is 10.5. The molecule has 0 aromatic carbocycles. The lowest BCUT2D eigenvalue weighted by Gasteiger charge is -1.97. The van der Waals surface area contributed by atoms with Gasteiger partial charge in [0.2, 0.25) is 0 Å². The molecule has 0 fully saturated rings. The quantitative estimate of drug-likeness (QED) is 0.460. The highest BCUT2D eigenvalue weighted by atomic mass is 79.9. The number of anilines is 1. The molecular weight excluding hydrogens is 316 g/mol. The Balaban J connectivity index is 2.27. The molecule has 12 heteroatoms.